The van der Waals surface area contributed by atoms with E-state index in [1.165, 1.54) is 7.05 Å². The van der Waals surface area contributed by atoms with Crippen LogP contribution in [-0.4, -0.2) is 43.2 Å². The number of likely N-dealkylation sites (N-methyl/N-ethyl adjacent to an activating group) is 1. The van der Waals surface area contributed by atoms with Gasteiger partial charge in [0.2, 0.25) is 5.91 Å². The normalized spacial score (nSPS) is 17.3. The molecule has 1 aliphatic rings. The summed E-state index contributed by atoms with van der Waals surface area (Å²) in [7, 11) is 1.49. The van der Waals surface area contributed by atoms with Crippen molar-refractivity contribution in [3.8, 4) is 0 Å². The SMILES string of the molecule is CNC(=O)CN(CCC(F)(F)F)C1CCC1. The standard InChI is InChI=1S/C10H17F3N2O/c1-14-9(16)7-15(8-3-2-4-8)6-5-10(11,12)13/h8H,2-7H2,1H3,(H,14,16). The van der Waals surface area contributed by atoms with Crippen LogP contribution in [-0.2, 0) is 4.79 Å². The molecule has 0 aromatic carbocycles. The maximum Gasteiger partial charge on any atom is 0.390 e. The second-order valence-corrected chi connectivity index (χ2v) is 4.09. The largest absolute Gasteiger partial charge is 0.390 e. The summed E-state index contributed by atoms with van der Waals surface area (Å²) in [4.78, 5) is 12.8. The fraction of sp³-hybridized carbons (Fsp3) is 0.900. The summed E-state index contributed by atoms with van der Waals surface area (Å²) in [5, 5.41) is 2.43. The third-order valence-corrected chi connectivity index (χ3v) is 2.90. The first-order chi connectivity index (χ1) is 7.42. The van der Waals surface area contributed by atoms with E-state index in [-0.39, 0.29) is 25.0 Å². The minimum absolute atomic E-state index is 0.0667. The molecule has 3 nitrogen and oxygen atoms in total. The van der Waals surface area contributed by atoms with Crippen molar-refractivity contribution < 1.29 is 18.0 Å². The third kappa shape index (κ3) is 4.38. The van der Waals surface area contributed by atoms with Gasteiger partial charge in [-0.25, -0.2) is 0 Å². The van der Waals surface area contributed by atoms with E-state index in [2.05, 4.69) is 5.32 Å². The van der Waals surface area contributed by atoms with Crippen LogP contribution in [0.15, 0.2) is 0 Å². The van der Waals surface area contributed by atoms with E-state index in [0.29, 0.717) is 0 Å². The van der Waals surface area contributed by atoms with Crippen molar-refractivity contribution in [1.29, 1.82) is 0 Å². The van der Waals surface area contributed by atoms with Crippen LogP contribution in [0, 0.1) is 0 Å². The highest BCUT2D eigenvalue weighted by Crippen LogP contribution is 2.27. The minimum Gasteiger partial charge on any atom is -0.358 e. The predicted molar refractivity (Wildman–Crippen MR) is 54.0 cm³/mol. The van der Waals surface area contributed by atoms with E-state index in [4.69, 9.17) is 0 Å². The van der Waals surface area contributed by atoms with Crippen LogP contribution < -0.4 is 5.32 Å². The van der Waals surface area contributed by atoms with Crippen LogP contribution in [0.4, 0.5) is 13.2 Å². The lowest BCUT2D eigenvalue weighted by Gasteiger charge is -2.37. The van der Waals surface area contributed by atoms with E-state index < -0.39 is 12.6 Å². The quantitative estimate of drug-likeness (QED) is 0.788. The van der Waals surface area contributed by atoms with Crippen LogP contribution in [0.3, 0.4) is 0 Å². The molecule has 16 heavy (non-hydrogen) atoms. The summed E-state index contributed by atoms with van der Waals surface area (Å²) < 4.78 is 36.3. The van der Waals surface area contributed by atoms with E-state index in [1.807, 2.05) is 0 Å². The smallest absolute Gasteiger partial charge is 0.358 e. The zero-order valence-electron chi connectivity index (χ0n) is 9.31. The molecule has 0 aliphatic heterocycles. The number of carbonyl (C=O) groups is 1. The lowest BCUT2D eigenvalue weighted by Crippen LogP contribution is -2.46. The molecule has 1 aliphatic carbocycles. The van der Waals surface area contributed by atoms with E-state index in [9.17, 15) is 18.0 Å². The number of hydrogen-bond donors (Lipinski definition) is 1. The molecule has 1 fully saturated rings. The molecule has 1 amide bonds. The molecule has 0 unspecified atom stereocenters. The molecule has 0 heterocycles. The van der Waals surface area contributed by atoms with Crippen molar-refractivity contribution in [2.24, 2.45) is 0 Å². The van der Waals surface area contributed by atoms with E-state index in [1.54, 1.807) is 4.90 Å². The fourth-order valence-corrected chi connectivity index (χ4v) is 1.68. The Hall–Kier alpha value is -0.780. The van der Waals surface area contributed by atoms with Gasteiger partial charge in [-0.15, -0.1) is 0 Å². The van der Waals surface area contributed by atoms with Gasteiger partial charge in [0.25, 0.3) is 0 Å². The highest BCUT2D eigenvalue weighted by atomic mass is 19.4. The Bertz CT molecular complexity index is 239. The van der Waals surface area contributed by atoms with Crippen LogP contribution in [0.1, 0.15) is 25.7 Å². The molecule has 6 heteroatoms. The highest BCUT2D eigenvalue weighted by molar-refractivity contribution is 5.77. The monoisotopic (exact) mass is 238 g/mol. The second-order valence-electron chi connectivity index (χ2n) is 4.09. The lowest BCUT2D eigenvalue weighted by atomic mass is 9.91. The Morgan fingerprint density at radius 2 is 2.06 bits per heavy atom. The maximum atomic E-state index is 12.1. The van der Waals surface area contributed by atoms with Crippen molar-refractivity contribution in [2.75, 3.05) is 20.1 Å². The van der Waals surface area contributed by atoms with Gasteiger partial charge in [-0.3, -0.25) is 9.69 Å². The number of halogens is 3. The summed E-state index contributed by atoms with van der Waals surface area (Å²) in [6.07, 6.45) is -2.16. The number of nitrogens with one attached hydrogen (secondary N) is 1. The van der Waals surface area contributed by atoms with Crippen molar-refractivity contribution >= 4 is 5.91 Å². The number of carbonyl (C=O) groups excluding carboxylic acids is 1. The van der Waals surface area contributed by atoms with Crippen molar-refractivity contribution in [2.45, 2.75) is 37.9 Å². The zero-order valence-corrected chi connectivity index (χ0v) is 9.31. The first kappa shape index (κ1) is 13.3. The summed E-state index contributed by atoms with van der Waals surface area (Å²) in [5.74, 6) is -0.228. The van der Waals surface area contributed by atoms with Gasteiger partial charge in [-0.05, 0) is 12.8 Å². The van der Waals surface area contributed by atoms with Crippen LogP contribution in [0.2, 0.25) is 0 Å². The molecular formula is C10H17F3N2O. The van der Waals surface area contributed by atoms with Crippen molar-refractivity contribution in [3.05, 3.63) is 0 Å². The van der Waals surface area contributed by atoms with Gasteiger partial charge in [-0.2, -0.15) is 13.2 Å². The molecule has 0 aromatic rings. The Morgan fingerprint density at radius 1 is 1.44 bits per heavy atom. The average Bonchev–Trinajstić information content (AvgIpc) is 2.09. The van der Waals surface area contributed by atoms with Gasteiger partial charge < -0.3 is 5.32 Å². The summed E-state index contributed by atoms with van der Waals surface area (Å²) in [5.41, 5.74) is 0. The molecular weight excluding hydrogens is 221 g/mol. The molecule has 0 aromatic heterocycles. The molecule has 0 bridgehead atoms. The van der Waals surface area contributed by atoms with Gasteiger partial charge >= 0.3 is 6.18 Å². The summed E-state index contributed by atoms with van der Waals surface area (Å²) in [6.45, 7) is -0.0150. The first-order valence-corrected chi connectivity index (χ1v) is 5.44. The van der Waals surface area contributed by atoms with Gasteiger partial charge in [0.1, 0.15) is 0 Å². The maximum absolute atomic E-state index is 12.1. The Morgan fingerprint density at radius 3 is 2.44 bits per heavy atom. The first-order valence-electron chi connectivity index (χ1n) is 5.44. The van der Waals surface area contributed by atoms with Crippen molar-refractivity contribution in [1.82, 2.24) is 10.2 Å². The Balaban J connectivity index is 2.40. The summed E-state index contributed by atoms with van der Waals surface area (Å²) >= 11 is 0. The fourth-order valence-electron chi connectivity index (χ4n) is 1.68. The van der Waals surface area contributed by atoms with E-state index in [0.717, 1.165) is 19.3 Å². The molecule has 1 N–H and O–H groups in total. The molecule has 1 saturated carbocycles. The number of hydrogen-bond acceptors (Lipinski definition) is 2. The number of alkyl halides is 3. The van der Waals surface area contributed by atoms with E-state index >= 15 is 0 Å². The average molecular weight is 238 g/mol. The summed E-state index contributed by atoms with van der Waals surface area (Å²) in [6, 6.07) is 0.152. The number of rotatable bonds is 5. The van der Waals surface area contributed by atoms with Crippen LogP contribution >= 0.6 is 0 Å². The Kier molecular flexibility index (Phi) is 4.58. The minimum atomic E-state index is -4.15. The van der Waals surface area contributed by atoms with Gasteiger partial charge in [0, 0.05) is 19.6 Å². The second kappa shape index (κ2) is 5.52. The van der Waals surface area contributed by atoms with Gasteiger partial charge in [0.15, 0.2) is 0 Å². The highest BCUT2D eigenvalue weighted by Gasteiger charge is 2.32. The zero-order chi connectivity index (χ0) is 12.2. The number of amides is 1. The number of nitrogens with zero attached hydrogens (tertiary/aromatic N) is 1. The molecule has 0 atom stereocenters. The molecule has 0 radical (unpaired) electrons. The molecule has 0 saturated heterocycles. The topological polar surface area (TPSA) is 32.3 Å². The molecule has 94 valence electrons. The predicted octanol–water partition coefficient (Wildman–Crippen LogP) is 1.54. The molecule has 1 rings (SSSR count). The lowest BCUT2D eigenvalue weighted by molar-refractivity contribution is -0.142. The van der Waals surface area contributed by atoms with Gasteiger partial charge in [0.05, 0.1) is 13.0 Å². The molecule has 0 spiro atoms. The van der Waals surface area contributed by atoms with Crippen LogP contribution in [0.25, 0.3) is 0 Å². The van der Waals surface area contributed by atoms with Gasteiger partial charge in [-0.1, -0.05) is 6.42 Å². The van der Waals surface area contributed by atoms with Crippen LogP contribution in [0.5, 0.6) is 0 Å². The third-order valence-electron chi connectivity index (χ3n) is 2.90. The van der Waals surface area contributed by atoms with Crippen molar-refractivity contribution in [3.63, 3.8) is 0 Å². The Labute approximate surface area is 93.0 Å².